The Bertz CT molecular complexity index is 92.3. The Balaban J connectivity index is 0. The van der Waals surface area contributed by atoms with Crippen molar-refractivity contribution in [2.75, 3.05) is 19.6 Å². The average molecular weight is 155 g/mol. The van der Waals surface area contributed by atoms with Crippen LogP contribution in [-0.4, -0.2) is 24.5 Å². The molecular formula is C10H21N. The zero-order valence-corrected chi connectivity index (χ0v) is 8.57. The van der Waals surface area contributed by atoms with Gasteiger partial charge in [0.05, 0.1) is 0 Å². The molecule has 0 amide bonds. The summed E-state index contributed by atoms with van der Waals surface area (Å²) in [7, 11) is 0. The minimum absolute atomic E-state index is 1.19. The van der Waals surface area contributed by atoms with Crippen molar-refractivity contribution in [1.82, 2.24) is 4.90 Å². The molecule has 0 aromatic heterocycles. The van der Waals surface area contributed by atoms with Gasteiger partial charge in [-0.2, -0.15) is 0 Å². The zero-order chi connectivity index (χ0) is 9.11. The van der Waals surface area contributed by atoms with Gasteiger partial charge >= 0.3 is 0 Å². The Morgan fingerprint density at radius 1 is 0.818 bits per heavy atom. The monoisotopic (exact) mass is 155 g/mol. The van der Waals surface area contributed by atoms with Gasteiger partial charge in [0.1, 0.15) is 0 Å². The van der Waals surface area contributed by atoms with Crippen molar-refractivity contribution in [3.63, 3.8) is 0 Å². The van der Waals surface area contributed by atoms with Crippen LogP contribution in [0.25, 0.3) is 0 Å². The molecule has 0 rings (SSSR count). The molecule has 0 aromatic carbocycles. The van der Waals surface area contributed by atoms with Crippen LogP contribution in [0, 0.1) is 11.8 Å². The van der Waals surface area contributed by atoms with Crippen molar-refractivity contribution in [1.29, 1.82) is 0 Å². The lowest BCUT2D eigenvalue weighted by atomic mass is 10.5. The van der Waals surface area contributed by atoms with Gasteiger partial charge in [-0.05, 0) is 33.5 Å². The summed E-state index contributed by atoms with van der Waals surface area (Å²) in [4.78, 5) is 2.38. The minimum atomic E-state index is 1.19. The molecular weight excluding hydrogens is 134 g/mol. The molecule has 0 fully saturated rings. The van der Waals surface area contributed by atoms with Crippen molar-refractivity contribution in [3.8, 4) is 11.8 Å². The fraction of sp³-hybridized carbons (Fsp3) is 0.800. The van der Waals surface area contributed by atoms with E-state index >= 15 is 0 Å². The first kappa shape index (κ1) is 13.1. The first-order chi connectivity index (χ1) is 5.26. The van der Waals surface area contributed by atoms with Gasteiger partial charge in [0.15, 0.2) is 0 Å². The fourth-order valence-corrected chi connectivity index (χ4v) is 0.671. The predicted molar refractivity (Wildman–Crippen MR) is 52.6 cm³/mol. The molecule has 66 valence electrons. The number of hydrogen-bond donors (Lipinski definition) is 0. The summed E-state index contributed by atoms with van der Waals surface area (Å²) in [6.45, 7) is 13.8. The van der Waals surface area contributed by atoms with Crippen LogP contribution in [0.1, 0.15) is 34.6 Å². The van der Waals surface area contributed by atoms with Crippen molar-refractivity contribution >= 4 is 0 Å². The van der Waals surface area contributed by atoms with Crippen molar-refractivity contribution in [2.24, 2.45) is 0 Å². The summed E-state index contributed by atoms with van der Waals surface area (Å²) in [6.07, 6.45) is 0. The van der Waals surface area contributed by atoms with E-state index in [0.717, 1.165) is 0 Å². The standard InChI is InChI=1S/C6H15N.C4H6/c1-4-7(5-2)6-3;1-3-4-2/h4-6H2,1-3H3;1-2H3. The highest BCUT2D eigenvalue weighted by atomic mass is 15.1. The number of hydrogen-bond acceptors (Lipinski definition) is 1. The van der Waals surface area contributed by atoms with E-state index in [2.05, 4.69) is 37.5 Å². The van der Waals surface area contributed by atoms with Crippen molar-refractivity contribution in [2.45, 2.75) is 34.6 Å². The Hall–Kier alpha value is -0.480. The van der Waals surface area contributed by atoms with Crippen LogP contribution < -0.4 is 0 Å². The molecule has 0 unspecified atom stereocenters. The van der Waals surface area contributed by atoms with Gasteiger partial charge in [0, 0.05) is 0 Å². The summed E-state index contributed by atoms with van der Waals surface area (Å²) in [6, 6.07) is 0. The fourth-order valence-electron chi connectivity index (χ4n) is 0.671. The molecule has 0 atom stereocenters. The third kappa shape index (κ3) is 12.7. The van der Waals surface area contributed by atoms with Crippen molar-refractivity contribution < 1.29 is 0 Å². The second kappa shape index (κ2) is 12.2. The molecule has 0 aliphatic heterocycles. The highest BCUT2D eigenvalue weighted by Crippen LogP contribution is 1.81. The molecule has 0 bridgehead atoms. The third-order valence-corrected chi connectivity index (χ3v) is 1.59. The molecule has 0 saturated carbocycles. The van der Waals surface area contributed by atoms with Crippen LogP contribution in [0.3, 0.4) is 0 Å². The Labute approximate surface area is 71.8 Å². The summed E-state index contributed by atoms with van der Waals surface area (Å²) in [5.41, 5.74) is 0. The highest BCUT2D eigenvalue weighted by molar-refractivity contribution is 4.89. The maximum absolute atomic E-state index is 2.68. The van der Waals surface area contributed by atoms with E-state index in [0.29, 0.717) is 0 Å². The molecule has 0 aliphatic rings. The van der Waals surface area contributed by atoms with Crippen LogP contribution in [0.5, 0.6) is 0 Å². The third-order valence-electron chi connectivity index (χ3n) is 1.59. The number of rotatable bonds is 3. The molecule has 0 aliphatic carbocycles. The SMILES string of the molecule is CC#CC.CCN(CC)CC. The van der Waals surface area contributed by atoms with E-state index in [9.17, 15) is 0 Å². The van der Waals surface area contributed by atoms with E-state index in [1.165, 1.54) is 19.6 Å². The van der Waals surface area contributed by atoms with Crippen LogP contribution in [-0.2, 0) is 0 Å². The first-order valence-electron chi connectivity index (χ1n) is 4.32. The summed E-state index contributed by atoms with van der Waals surface area (Å²) >= 11 is 0. The lowest BCUT2D eigenvalue weighted by molar-refractivity contribution is 0.321. The van der Waals surface area contributed by atoms with Gasteiger partial charge in [0.25, 0.3) is 0 Å². The molecule has 0 saturated heterocycles. The van der Waals surface area contributed by atoms with E-state index in [1.54, 1.807) is 0 Å². The summed E-state index contributed by atoms with van der Waals surface area (Å²) < 4.78 is 0. The molecule has 0 heterocycles. The summed E-state index contributed by atoms with van der Waals surface area (Å²) in [5.74, 6) is 5.36. The van der Waals surface area contributed by atoms with Crippen LogP contribution in [0.15, 0.2) is 0 Å². The van der Waals surface area contributed by atoms with Gasteiger partial charge in [-0.15, -0.1) is 11.8 Å². The largest absolute Gasteiger partial charge is 0.304 e. The second-order valence-corrected chi connectivity index (χ2v) is 2.12. The van der Waals surface area contributed by atoms with Crippen LogP contribution in [0.2, 0.25) is 0 Å². The van der Waals surface area contributed by atoms with Gasteiger partial charge in [-0.25, -0.2) is 0 Å². The maximum Gasteiger partial charge on any atom is -0.00271 e. The van der Waals surface area contributed by atoms with E-state index in [1.807, 2.05) is 13.8 Å². The lowest BCUT2D eigenvalue weighted by Gasteiger charge is -2.13. The van der Waals surface area contributed by atoms with Crippen molar-refractivity contribution in [3.05, 3.63) is 0 Å². The zero-order valence-electron chi connectivity index (χ0n) is 8.57. The Kier molecular flexibility index (Phi) is 14.6. The van der Waals surface area contributed by atoms with Gasteiger partial charge < -0.3 is 4.90 Å². The molecule has 0 spiro atoms. The molecule has 11 heavy (non-hydrogen) atoms. The average Bonchev–Trinajstić information content (AvgIpc) is 2.08. The maximum atomic E-state index is 2.68. The van der Waals surface area contributed by atoms with Gasteiger partial charge in [0.2, 0.25) is 0 Å². The van der Waals surface area contributed by atoms with Gasteiger partial charge in [-0.3, -0.25) is 0 Å². The molecule has 0 aromatic rings. The van der Waals surface area contributed by atoms with E-state index < -0.39 is 0 Å². The normalized spacial score (nSPS) is 7.82. The van der Waals surface area contributed by atoms with E-state index in [4.69, 9.17) is 0 Å². The highest BCUT2D eigenvalue weighted by Gasteiger charge is 1.89. The smallest absolute Gasteiger partial charge is 0.00271 e. The molecule has 1 heteroatoms. The quantitative estimate of drug-likeness (QED) is 0.566. The molecule has 0 N–H and O–H groups in total. The Morgan fingerprint density at radius 2 is 1.09 bits per heavy atom. The number of nitrogens with zero attached hydrogens (tertiary/aromatic N) is 1. The second-order valence-electron chi connectivity index (χ2n) is 2.12. The van der Waals surface area contributed by atoms with Crippen LogP contribution in [0.4, 0.5) is 0 Å². The lowest BCUT2D eigenvalue weighted by Crippen LogP contribution is -2.21. The minimum Gasteiger partial charge on any atom is -0.304 e. The molecule has 0 radical (unpaired) electrons. The molecule has 1 nitrogen and oxygen atoms in total. The Morgan fingerprint density at radius 3 is 1.09 bits per heavy atom. The van der Waals surface area contributed by atoms with E-state index in [-0.39, 0.29) is 0 Å². The topological polar surface area (TPSA) is 3.24 Å². The first-order valence-corrected chi connectivity index (χ1v) is 4.32. The summed E-state index contributed by atoms with van der Waals surface area (Å²) in [5, 5.41) is 0. The van der Waals surface area contributed by atoms with Crippen LogP contribution >= 0.6 is 0 Å². The predicted octanol–water partition coefficient (Wildman–Crippen LogP) is 2.38. The van der Waals surface area contributed by atoms with Gasteiger partial charge in [-0.1, -0.05) is 20.8 Å².